The van der Waals surface area contributed by atoms with Gasteiger partial charge in [-0.1, -0.05) is 315 Å². The molecule has 3 aliphatic heterocycles. The van der Waals surface area contributed by atoms with Crippen LogP contribution in [0.1, 0.15) is 290 Å². The van der Waals surface area contributed by atoms with Crippen LogP contribution in [0.2, 0.25) is 0 Å². The highest BCUT2D eigenvalue weighted by atomic mass is 16.8. The largest absolute Gasteiger partial charge is 0.394 e. The number of allylic oxidation sites excluding steroid dienone is 20. The average Bonchev–Trinajstić information content (AvgIpc) is 0.781. The van der Waals surface area contributed by atoms with Crippen molar-refractivity contribution in [2.24, 2.45) is 0 Å². The normalized spacial score (nSPS) is 26.3. The molecular weight excluding hydrogens is 1350 g/mol. The maximum absolute atomic E-state index is 13.5. The number of amides is 1. The van der Waals surface area contributed by atoms with Crippen LogP contribution in [0.3, 0.4) is 0 Å². The third kappa shape index (κ3) is 44.9. The van der Waals surface area contributed by atoms with E-state index in [2.05, 4.69) is 141 Å². The van der Waals surface area contributed by atoms with Crippen LogP contribution in [0.25, 0.3) is 0 Å². The van der Waals surface area contributed by atoms with Gasteiger partial charge in [0.05, 0.1) is 38.6 Å². The van der Waals surface area contributed by atoms with Crippen LogP contribution in [0.15, 0.2) is 122 Å². The average molecular weight is 1500 g/mol. The van der Waals surface area contributed by atoms with Crippen molar-refractivity contribution in [2.75, 3.05) is 26.4 Å². The molecule has 19 heteroatoms. The first-order chi connectivity index (χ1) is 51.8. The van der Waals surface area contributed by atoms with Gasteiger partial charge in [0, 0.05) is 6.42 Å². The molecule has 12 N–H and O–H groups in total. The van der Waals surface area contributed by atoms with E-state index < -0.39 is 124 Å². The highest BCUT2D eigenvalue weighted by molar-refractivity contribution is 5.76. The SMILES string of the molecule is CC/C=C\C/C=C\C/C=C\C/C=C\C/C=C\C/C=C\C/C=C\C/C=C\C/C=C\C/C=C\CCCCC(=O)NC(COC1OC(CO)C(OC2OC(CO)C(OC3OC(CO)C(O)C(O)C3O)C(O)C2O)C(O)C1O)C(O)CCCCCCCCCCCCCCCCCCCCCCCCCCCCCC. The molecule has 0 aromatic heterocycles. The maximum atomic E-state index is 13.5. The van der Waals surface area contributed by atoms with Crippen LogP contribution < -0.4 is 5.32 Å². The number of aliphatic hydroxyl groups is 11. The number of rotatable bonds is 65. The summed E-state index contributed by atoms with van der Waals surface area (Å²) in [5.41, 5.74) is 0. The number of nitrogens with one attached hydrogen (secondary N) is 1. The molecule has 0 saturated carbocycles. The topological polar surface area (TPSA) is 307 Å². The van der Waals surface area contributed by atoms with Gasteiger partial charge in [-0.2, -0.15) is 0 Å². The number of aliphatic hydroxyl groups excluding tert-OH is 11. The molecule has 17 atom stereocenters. The van der Waals surface area contributed by atoms with E-state index in [4.69, 9.17) is 28.4 Å². The first kappa shape index (κ1) is 96.4. The van der Waals surface area contributed by atoms with Gasteiger partial charge in [0.2, 0.25) is 5.91 Å². The van der Waals surface area contributed by atoms with Gasteiger partial charge in [0.25, 0.3) is 0 Å². The Bertz CT molecular complexity index is 2390. The molecule has 0 spiro atoms. The fourth-order valence-corrected chi connectivity index (χ4v) is 13.4. The summed E-state index contributed by atoms with van der Waals surface area (Å²) in [5.74, 6) is -0.287. The van der Waals surface area contributed by atoms with Crippen LogP contribution in [0.5, 0.6) is 0 Å². The molecule has 0 aromatic rings. The van der Waals surface area contributed by atoms with Crippen LogP contribution >= 0.6 is 0 Å². The molecule has 0 bridgehead atoms. The Morgan fingerprint density at radius 2 is 0.651 bits per heavy atom. The standard InChI is InChI=1S/C87H149NO18/c1-3-5-7-9-11-13-15-17-19-21-23-25-27-29-31-33-34-35-36-37-39-41-43-45-47-49-51-53-55-57-59-61-63-65-75(93)88-70(71(92)64-62-60-58-56-54-52-50-48-46-44-42-40-38-32-30-28-26-24-22-20-18-16-14-12-10-8-6-4-2)69-101-85-81(99)78(96)83(73(67-90)103-85)106-87-82(100)79(97)84(74(68-91)104-87)105-86-80(98)77(95)76(94)72(66-89)102-86/h5,7,11,13,17,19,23,25,29,31,34-35,37,39,43,45,49,51,55,57,70-74,76-87,89-92,94-100H,3-4,6,8-10,12,14-16,18,20-22,24,26-28,30,32-33,36,38,40-42,44,46-48,50,52-54,56,58-69H2,1-2H3,(H,88,93)/b7-5-,13-11-,19-17-,25-23-,31-29-,35-34-,39-37-,45-43-,51-49-,57-55-. The molecule has 0 radical (unpaired) electrons. The molecule has 19 nitrogen and oxygen atoms in total. The fourth-order valence-electron chi connectivity index (χ4n) is 13.4. The van der Waals surface area contributed by atoms with Crippen LogP contribution in [-0.2, 0) is 33.2 Å². The smallest absolute Gasteiger partial charge is 0.220 e. The minimum Gasteiger partial charge on any atom is -0.394 e. The molecule has 3 fully saturated rings. The Labute approximate surface area is 639 Å². The van der Waals surface area contributed by atoms with Crippen molar-refractivity contribution < 1.29 is 89.4 Å². The minimum atomic E-state index is -1.98. The molecule has 3 rings (SSSR count). The van der Waals surface area contributed by atoms with Crippen LogP contribution in [0.4, 0.5) is 0 Å². The zero-order valence-corrected chi connectivity index (χ0v) is 65.4. The van der Waals surface area contributed by atoms with E-state index in [1.165, 1.54) is 154 Å². The Balaban J connectivity index is 1.39. The molecule has 106 heavy (non-hydrogen) atoms. The zero-order valence-electron chi connectivity index (χ0n) is 65.4. The molecule has 1 amide bonds. The summed E-state index contributed by atoms with van der Waals surface area (Å²) < 4.78 is 34.5. The Morgan fingerprint density at radius 1 is 0.349 bits per heavy atom. The molecule has 3 heterocycles. The third-order valence-corrected chi connectivity index (χ3v) is 20.1. The number of hydrogen-bond donors (Lipinski definition) is 12. The Hall–Kier alpha value is -3.81. The second kappa shape index (κ2) is 65.9. The predicted octanol–water partition coefficient (Wildman–Crippen LogP) is 14.7. The second-order valence-electron chi connectivity index (χ2n) is 29.2. The zero-order chi connectivity index (χ0) is 76.7. The molecule has 3 aliphatic rings. The van der Waals surface area contributed by atoms with Crippen LogP contribution in [-0.4, -0.2) is 193 Å². The number of ether oxygens (including phenoxy) is 6. The van der Waals surface area contributed by atoms with E-state index >= 15 is 0 Å². The van der Waals surface area contributed by atoms with E-state index in [1.807, 2.05) is 0 Å². The van der Waals surface area contributed by atoms with E-state index in [1.54, 1.807) is 0 Å². The van der Waals surface area contributed by atoms with Gasteiger partial charge in [-0.3, -0.25) is 4.79 Å². The fraction of sp³-hybridized carbons (Fsp3) is 0.759. The molecule has 610 valence electrons. The van der Waals surface area contributed by atoms with Crippen molar-refractivity contribution in [1.82, 2.24) is 5.32 Å². The number of carbonyl (C=O) groups excluding carboxylic acids is 1. The van der Waals surface area contributed by atoms with Gasteiger partial charge in [-0.05, 0) is 89.9 Å². The van der Waals surface area contributed by atoms with Crippen molar-refractivity contribution in [3.8, 4) is 0 Å². The van der Waals surface area contributed by atoms with Gasteiger partial charge in [0.1, 0.15) is 73.2 Å². The summed E-state index contributed by atoms with van der Waals surface area (Å²) >= 11 is 0. The number of unbranched alkanes of at least 4 members (excludes halogenated alkanes) is 29. The number of hydrogen-bond acceptors (Lipinski definition) is 18. The molecule has 0 aliphatic carbocycles. The lowest BCUT2D eigenvalue weighted by atomic mass is 9.96. The van der Waals surface area contributed by atoms with Crippen molar-refractivity contribution in [1.29, 1.82) is 0 Å². The maximum Gasteiger partial charge on any atom is 0.220 e. The third-order valence-electron chi connectivity index (χ3n) is 20.1. The number of carbonyl (C=O) groups is 1. The molecule has 0 aromatic carbocycles. The predicted molar refractivity (Wildman–Crippen MR) is 424 cm³/mol. The van der Waals surface area contributed by atoms with Gasteiger partial charge >= 0.3 is 0 Å². The Kier molecular flexibility index (Phi) is 59.9. The lowest BCUT2D eigenvalue weighted by molar-refractivity contribution is -0.379. The van der Waals surface area contributed by atoms with Gasteiger partial charge in [-0.25, -0.2) is 0 Å². The van der Waals surface area contributed by atoms with Crippen molar-refractivity contribution in [3.63, 3.8) is 0 Å². The van der Waals surface area contributed by atoms with E-state index in [-0.39, 0.29) is 18.9 Å². The van der Waals surface area contributed by atoms with E-state index in [0.29, 0.717) is 19.3 Å². The van der Waals surface area contributed by atoms with E-state index in [0.717, 1.165) is 96.3 Å². The minimum absolute atomic E-state index is 0.203. The Morgan fingerprint density at radius 3 is 1.00 bits per heavy atom. The lowest BCUT2D eigenvalue weighted by Crippen LogP contribution is -2.66. The summed E-state index contributed by atoms with van der Waals surface area (Å²) in [6.07, 6.45) is 65.7. The summed E-state index contributed by atoms with van der Waals surface area (Å²) in [6, 6.07) is -0.922. The van der Waals surface area contributed by atoms with E-state index in [9.17, 15) is 61.0 Å². The van der Waals surface area contributed by atoms with Gasteiger partial charge in [0.15, 0.2) is 18.9 Å². The highest BCUT2D eigenvalue weighted by Crippen LogP contribution is 2.33. The first-order valence-electron chi connectivity index (χ1n) is 41.8. The van der Waals surface area contributed by atoms with Gasteiger partial charge in [-0.15, -0.1) is 0 Å². The van der Waals surface area contributed by atoms with Crippen molar-refractivity contribution in [2.45, 2.75) is 394 Å². The van der Waals surface area contributed by atoms with Crippen LogP contribution in [0, 0.1) is 0 Å². The highest BCUT2D eigenvalue weighted by Gasteiger charge is 2.54. The monoisotopic (exact) mass is 1500 g/mol. The summed E-state index contributed by atoms with van der Waals surface area (Å²) in [5, 5.41) is 121. The van der Waals surface area contributed by atoms with Gasteiger partial charge < -0.3 is 89.9 Å². The molecular formula is C87H149NO18. The first-order valence-corrected chi connectivity index (χ1v) is 41.8. The summed E-state index contributed by atoms with van der Waals surface area (Å²) in [6.45, 7) is 1.68. The second-order valence-corrected chi connectivity index (χ2v) is 29.2. The van der Waals surface area contributed by atoms with Crippen molar-refractivity contribution in [3.05, 3.63) is 122 Å². The molecule has 3 saturated heterocycles. The van der Waals surface area contributed by atoms with Crippen molar-refractivity contribution >= 4 is 5.91 Å². The molecule has 17 unspecified atom stereocenters. The quantitative estimate of drug-likeness (QED) is 0.0199. The summed E-state index contributed by atoms with van der Waals surface area (Å²) in [4.78, 5) is 13.5. The lowest BCUT2D eigenvalue weighted by Gasteiger charge is -2.48. The summed E-state index contributed by atoms with van der Waals surface area (Å²) in [7, 11) is 0.